The number of nitrogens with one attached hydrogen (secondary N) is 1. The van der Waals surface area contributed by atoms with Crippen LogP contribution in [0.3, 0.4) is 0 Å². The van der Waals surface area contributed by atoms with Crippen LogP contribution in [0, 0.1) is 11.3 Å². The topological polar surface area (TPSA) is 152 Å². The zero-order valence-electron chi connectivity index (χ0n) is 28.3. The Bertz CT molecular complexity index is 2270. The van der Waals surface area contributed by atoms with Crippen molar-refractivity contribution in [2.24, 2.45) is 0 Å². The fourth-order valence-electron chi connectivity index (χ4n) is 6.00. The molecule has 11 nitrogen and oxygen atoms in total. The number of likely N-dealkylation sites (N-methyl/N-ethyl adjacent to an activating group) is 1. The molecule has 3 aromatic carbocycles. The van der Waals surface area contributed by atoms with Gasteiger partial charge in [-0.2, -0.15) is 10.2 Å². The summed E-state index contributed by atoms with van der Waals surface area (Å²) in [6, 6.07) is 27.9. The summed E-state index contributed by atoms with van der Waals surface area (Å²) in [7, 11) is 1.99. The molecule has 3 N–H and O–H groups in total. The van der Waals surface area contributed by atoms with Crippen molar-refractivity contribution in [1.29, 1.82) is 5.26 Å². The minimum atomic E-state index is -0.477. The Balaban J connectivity index is 0.921. The van der Waals surface area contributed by atoms with E-state index in [1.54, 1.807) is 23.6 Å². The number of anilines is 2. The van der Waals surface area contributed by atoms with E-state index in [1.807, 2.05) is 61.7 Å². The third-order valence-corrected chi connectivity index (χ3v) is 9.98. The highest BCUT2D eigenvalue weighted by Crippen LogP contribution is 2.53. The molecule has 0 radical (unpaired) electrons. The molecular weight excluding hydrogens is 663 g/mol. The first-order chi connectivity index (χ1) is 24.7. The molecule has 0 saturated heterocycles. The van der Waals surface area contributed by atoms with Crippen LogP contribution in [0.5, 0.6) is 6.01 Å². The van der Waals surface area contributed by atoms with E-state index in [2.05, 4.69) is 69.4 Å². The van der Waals surface area contributed by atoms with Crippen molar-refractivity contribution in [2.45, 2.75) is 32.4 Å². The van der Waals surface area contributed by atoms with Gasteiger partial charge in [-0.3, -0.25) is 0 Å². The number of nitriles is 1. The SMILES string of the molecule is CN(CCOC(=O)NCc1ccc(COc2nccc(N)n2)cc1)c1ccc2c(c1)C(C)(C)c1cc(/C=C(\C#N)c3nc4ccccc4o3)sc1-2. The molecule has 0 fully saturated rings. The van der Waals surface area contributed by atoms with Gasteiger partial charge in [0.15, 0.2) is 5.58 Å². The number of nitrogens with two attached hydrogens (primary N) is 1. The summed E-state index contributed by atoms with van der Waals surface area (Å²) in [5.74, 6) is 0.668. The van der Waals surface area contributed by atoms with Crippen LogP contribution in [0.15, 0.2) is 89.5 Å². The van der Waals surface area contributed by atoms with Gasteiger partial charge < -0.3 is 29.8 Å². The van der Waals surface area contributed by atoms with Crippen molar-refractivity contribution in [2.75, 3.05) is 30.8 Å². The predicted octanol–water partition coefficient (Wildman–Crippen LogP) is 7.57. The highest BCUT2D eigenvalue weighted by molar-refractivity contribution is 7.16. The first-order valence-corrected chi connectivity index (χ1v) is 17.2. The molecule has 7 rings (SSSR count). The van der Waals surface area contributed by atoms with Gasteiger partial charge in [0.25, 0.3) is 0 Å². The van der Waals surface area contributed by atoms with Crippen LogP contribution in [0.2, 0.25) is 0 Å². The second-order valence-corrected chi connectivity index (χ2v) is 13.8. The maximum atomic E-state index is 12.4. The Hall–Kier alpha value is -6.19. The Morgan fingerprint density at radius 1 is 1.06 bits per heavy atom. The lowest BCUT2D eigenvalue weighted by molar-refractivity contribution is 0.148. The Labute approximate surface area is 299 Å². The smallest absolute Gasteiger partial charge is 0.407 e. The zero-order chi connectivity index (χ0) is 35.5. The number of allylic oxidation sites excluding steroid dienone is 1. The molecule has 256 valence electrons. The lowest BCUT2D eigenvalue weighted by atomic mass is 9.82. The maximum absolute atomic E-state index is 12.4. The molecule has 12 heteroatoms. The lowest BCUT2D eigenvalue weighted by Crippen LogP contribution is -2.29. The molecule has 0 bridgehead atoms. The van der Waals surface area contributed by atoms with Crippen LogP contribution in [0.1, 0.15) is 46.9 Å². The third-order valence-electron chi connectivity index (χ3n) is 8.86. The quantitative estimate of drug-likeness (QED) is 0.130. The van der Waals surface area contributed by atoms with Gasteiger partial charge in [0, 0.05) is 40.6 Å². The minimum absolute atomic E-state index is 0.222. The van der Waals surface area contributed by atoms with Crippen LogP contribution in [0.4, 0.5) is 16.3 Å². The van der Waals surface area contributed by atoms with Gasteiger partial charge in [-0.1, -0.05) is 56.3 Å². The molecule has 0 aliphatic heterocycles. The third kappa shape index (κ3) is 7.11. The number of hydrogen-bond acceptors (Lipinski definition) is 11. The zero-order valence-corrected chi connectivity index (χ0v) is 29.2. The van der Waals surface area contributed by atoms with Crippen molar-refractivity contribution < 1.29 is 18.7 Å². The largest absolute Gasteiger partial charge is 0.459 e. The number of aromatic nitrogens is 3. The van der Waals surface area contributed by atoms with E-state index in [0.29, 0.717) is 42.6 Å². The molecule has 0 saturated carbocycles. The molecule has 3 aromatic heterocycles. The molecule has 0 unspecified atom stereocenters. The predicted molar refractivity (Wildman–Crippen MR) is 198 cm³/mol. The van der Waals surface area contributed by atoms with E-state index < -0.39 is 6.09 Å². The Morgan fingerprint density at radius 3 is 2.65 bits per heavy atom. The summed E-state index contributed by atoms with van der Waals surface area (Å²) in [5.41, 5.74) is 13.7. The number of benzene rings is 3. The van der Waals surface area contributed by atoms with Gasteiger partial charge in [-0.25, -0.2) is 14.8 Å². The Kier molecular flexibility index (Phi) is 9.13. The second kappa shape index (κ2) is 14.0. The average Bonchev–Trinajstić information content (AvgIpc) is 3.82. The Morgan fingerprint density at radius 2 is 1.86 bits per heavy atom. The number of nitrogens with zero attached hydrogens (tertiary/aromatic N) is 5. The fourth-order valence-corrected chi connectivity index (χ4v) is 7.30. The average molecular weight is 698 g/mol. The summed E-state index contributed by atoms with van der Waals surface area (Å²) >= 11 is 1.66. The fraction of sp³-hybridized carbons (Fsp3) is 0.205. The summed E-state index contributed by atoms with van der Waals surface area (Å²) in [6.45, 7) is 5.84. The van der Waals surface area contributed by atoms with Crippen LogP contribution >= 0.6 is 11.3 Å². The number of rotatable bonds is 11. The number of carbonyl (C=O) groups is 1. The van der Waals surface area contributed by atoms with Crippen LogP contribution in [-0.2, 0) is 23.3 Å². The summed E-state index contributed by atoms with van der Waals surface area (Å²) in [6.07, 6.45) is 2.92. The van der Waals surface area contributed by atoms with E-state index in [4.69, 9.17) is 19.6 Å². The number of hydrogen-bond donors (Lipinski definition) is 2. The van der Waals surface area contributed by atoms with Crippen molar-refractivity contribution in [1.82, 2.24) is 20.3 Å². The molecule has 0 atom stereocenters. The molecule has 3 heterocycles. The van der Waals surface area contributed by atoms with E-state index in [-0.39, 0.29) is 18.0 Å². The van der Waals surface area contributed by atoms with Gasteiger partial charge >= 0.3 is 12.1 Å². The second-order valence-electron chi connectivity index (χ2n) is 12.7. The van der Waals surface area contributed by atoms with Gasteiger partial charge in [0.2, 0.25) is 5.89 Å². The standard InChI is InChI=1S/C39H35N7O4S/c1-39(2)30-19-27(12-13-29(30)35-31(39)20-28(51-35)18-26(21-40)36-44-32-6-4-5-7-33(32)50-36)46(3)16-17-48-38(47)43-22-24-8-10-25(11-9-24)23-49-37-42-15-14-34(41)45-37/h4-15,18-20H,16-17,22-23H2,1-3H3,(H,43,47)(H2,41,42,45)/b26-18+. The lowest BCUT2D eigenvalue weighted by Gasteiger charge is -2.24. The molecule has 1 aliphatic rings. The van der Waals surface area contributed by atoms with Crippen LogP contribution in [-0.4, -0.2) is 41.2 Å². The van der Waals surface area contributed by atoms with Gasteiger partial charge in [-0.05, 0) is 70.3 Å². The normalized spacial score (nSPS) is 12.9. The first kappa shape index (κ1) is 33.3. The summed E-state index contributed by atoms with van der Waals surface area (Å²) < 4.78 is 16.9. The number of amides is 1. The minimum Gasteiger partial charge on any atom is -0.459 e. The maximum Gasteiger partial charge on any atom is 0.407 e. The molecule has 6 aromatic rings. The van der Waals surface area contributed by atoms with Gasteiger partial charge in [-0.15, -0.1) is 11.3 Å². The van der Waals surface area contributed by atoms with Crippen molar-refractivity contribution >= 4 is 51.7 Å². The number of fused-ring (bicyclic) bond motifs is 4. The molecular formula is C39H35N7O4S. The highest BCUT2D eigenvalue weighted by atomic mass is 32.1. The van der Waals surface area contributed by atoms with Gasteiger partial charge in [0.05, 0.1) is 6.54 Å². The molecule has 51 heavy (non-hydrogen) atoms. The first-order valence-electron chi connectivity index (χ1n) is 16.4. The summed E-state index contributed by atoms with van der Waals surface area (Å²) in [5, 5.41) is 12.7. The van der Waals surface area contributed by atoms with Crippen LogP contribution < -0.4 is 20.7 Å². The number of oxazole rings is 1. The van der Waals surface area contributed by atoms with Crippen molar-refractivity contribution in [3.63, 3.8) is 0 Å². The molecule has 0 spiro atoms. The number of thiophene rings is 1. The van der Waals surface area contributed by atoms with Crippen molar-refractivity contribution in [3.05, 3.63) is 118 Å². The van der Waals surface area contributed by atoms with E-state index >= 15 is 0 Å². The number of ether oxygens (including phenoxy) is 2. The molecule has 1 amide bonds. The van der Waals surface area contributed by atoms with E-state index in [1.165, 1.54) is 21.6 Å². The number of carbonyl (C=O) groups excluding carboxylic acids is 1. The van der Waals surface area contributed by atoms with E-state index in [9.17, 15) is 10.1 Å². The number of alkyl carbamates (subject to hydrolysis) is 1. The number of nitrogen functional groups attached to an aromatic ring is 1. The van der Waals surface area contributed by atoms with Crippen LogP contribution in [0.25, 0.3) is 33.2 Å². The van der Waals surface area contributed by atoms with E-state index in [0.717, 1.165) is 27.2 Å². The summed E-state index contributed by atoms with van der Waals surface area (Å²) in [4.78, 5) is 29.2. The van der Waals surface area contributed by atoms with Gasteiger partial charge in [0.1, 0.15) is 36.2 Å². The monoisotopic (exact) mass is 697 g/mol. The van der Waals surface area contributed by atoms with Crippen molar-refractivity contribution in [3.8, 4) is 22.5 Å². The molecule has 1 aliphatic carbocycles. The number of para-hydroxylation sites is 2. The highest BCUT2D eigenvalue weighted by Gasteiger charge is 2.37.